The van der Waals surface area contributed by atoms with Crippen LogP contribution in [0.4, 0.5) is 0 Å². The third kappa shape index (κ3) is 2.45. The summed E-state index contributed by atoms with van der Waals surface area (Å²) >= 11 is 1.94. The second kappa shape index (κ2) is 5.25. The van der Waals surface area contributed by atoms with Crippen molar-refractivity contribution in [2.75, 3.05) is 25.4 Å². The van der Waals surface area contributed by atoms with Crippen molar-refractivity contribution in [3.8, 4) is 0 Å². The molecule has 0 radical (unpaired) electrons. The lowest BCUT2D eigenvalue weighted by atomic mass is 9.92. The maximum absolute atomic E-state index is 12.4. The van der Waals surface area contributed by atoms with Gasteiger partial charge in [0.05, 0.1) is 6.61 Å². The number of hydrogen-bond donors (Lipinski definition) is 0. The molecule has 0 N–H and O–H groups in total. The van der Waals surface area contributed by atoms with Crippen molar-refractivity contribution in [3.63, 3.8) is 0 Å². The first-order chi connectivity index (χ1) is 8.79. The highest BCUT2D eigenvalue weighted by Gasteiger charge is 2.40. The summed E-state index contributed by atoms with van der Waals surface area (Å²) in [6.07, 6.45) is 9.39. The van der Waals surface area contributed by atoms with Crippen molar-refractivity contribution in [2.45, 2.75) is 37.0 Å². The summed E-state index contributed by atoms with van der Waals surface area (Å²) in [7, 11) is 0. The first-order valence-corrected chi connectivity index (χ1v) is 7.99. The number of ether oxygens (including phenoxy) is 1. The normalized spacial score (nSPS) is 30.9. The van der Waals surface area contributed by atoms with E-state index in [1.54, 1.807) is 0 Å². The number of thioether (sulfide) groups is 1. The highest BCUT2D eigenvalue weighted by atomic mass is 32.2. The number of piperidine rings is 1. The van der Waals surface area contributed by atoms with Gasteiger partial charge in [-0.2, -0.15) is 0 Å². The zero-order chi connectivity index (χ0) is 12.4. The largest absolute Gasteiger partial charge is 0.363 e. The average molecular weight is 267 g/mol. The lowest BCUT2D eigenvalue weighted by molar-refractivity contribution is -0.138. The van der Waals surface area contributed by atoms with E-state index >= 15 is 0 Å². The summed E-state index contributed by atoms with van der Waals surface area (Å²) in [5.41, 5.74) is 0. The van der Waals surface area contributed by atoms with Crippen LogP contribution in [-0.4, -0.2) is 41.2 Å². The van der Waals surface area contributed by atoms with E-state index in [1.807, 2.05) is 11.8 Å². The van der Waals surface area contributed by atoms with Crippen molar-refractivity contribution in [2.24, 2.45) is 5.92 Å². The Balaban J connectivity index is 1.55. The number of allylic oxidation sites excluding steroid dienone is 2. The molecular weight excluding hydrogens is 246 g/mol. The van der Waals surface area contributed by atoms with E-state index in [0.29, 0.717) is 5.91 Å². The van der Waals surface area contributed by atoms with Crippen molar-refractivity contribution in [1.29, 1.82) is 0 Å². The van der Waals surface area contributed by atoms with Crippen molar-refractivity contribution >= 4 is 17.7 Å². The van der Waals surface area contributed by atoms with Crippen molar-refractivity contribution in [1.82, 2.24) is 4.90 Å². The minimum atomic E-state index is 0.0449. The molecule has 1 amide bonds. The van der Waals surface area contributed by atoms with E-state index in [0.717, 1.165) is 57.6 Å². The van der Waals surface area contributed by atoms with Crippen LogP contribution in [-0.2, 0) is 9.53 Å². The van der Waals surface area contributed by atoms with Gasteiger partial charge in [-0.1, -0.05) is 12.2 Å². The first kappa shape index (κ1) is 12.5. The molecule has 3 rings (SSSR count). The number of hydrogen-bond acceptors (Lipinski definition) is 3. The number of likely N-dealkylation sites (tertiary alicyclic amines) is 1. The molecule has 0 aromatic heterocycles. The fraction of sp³-hybridized carbons (Fsp3) is 0.786. The first-order valence-electron chi connectivity index (χ1n) is 7.01. The lowest BCUT2D eigenvalue weighted by Gasteiger charge is -2.39. The SMILES string of the molecule is O=C([C@H]1CC=CCC1)N1CCC2(CC1)OCCS2. The Kier molecular flexibility index (Phi) is 3.66. The summed E-state index contributed by atoms with van der Waals surface area (Å²) in [5, 5.41) is 0. The summed E-state index contributed by atoms with van der Waals surface area (Å²) in [4.78, 5) is 14.5. The second-order valence-electron chi connectivity index (χ2n) is 5.41. The van der Waals surface area contributed by atoms with Gasteiger partial charge in [0.25, 0.3) is 0 Å². The highest BCUT2D eigenvalue weighted by Crippen LogP contribution is 2.41. The molecule has 4 heteroatoms. The van der Waals surface area contributed by atoms with E-state index in [4.69, 9.17) is 4.74 Å². The highest BCUT2D eigenvalue weighted by molar-refractivity contribution is 8.00. The molecule has 0 aromatic carbocycles. The molecule has 3 nitrogen and oxygen atoms in total. The number of rotatable bonds is 1. The Morgan fingerprint density at radius 2 is 2.17 bits per heavy atom. The minimum absolute atomic E-state index is 0.0449. The summed E-state index contributed by atoms with van der Waals surface area (Å²) < 4.78 is 5.87. The number of nitrogens with zero attached hydrogens (tertiary/aromatic N) is 1. The van der Waals surface area contributed by atoms with Gasteiger partial charge in [0.15, 0.2) is 0 Å². The van der Waals surface area contributed by atoms with Crippen molar-refractivity contribution in [3.05, 3.63) is 12.2 Å². The van der Waals surface area contributed by atoms with Gasteiger partial charge in [0, 0.05) is 37.6 Å². The van der Waals surface area contributed by atoms with Crippen LogP contribution in [0.25, 0.3) is 0 Å². The molecule has 2 heterocycles. The zero-order valence-corrected chi connectivity index (χ0v) is 11.6. The molecule has 3 aliphatic rings. The fourth-order valence-electron chi connectivity index (χ4n) is 3.13. The van der Waals surface area contributed by atoms with Crippen LogP contribution in [0.3, 0.4) is 0 Å². The van der Waals surface area contributed by atoms with Crippen LogP contribution in [0.2, 0.25) is 0 Å². The third-order valence-electron chi connectivity index (χ3n) is 4.27. The van der Waals surface area contributed by atoms with Gasteiger partial charge in [-0.25, -0.2) is 0 Å². The average Bonchev–Trinajstić information content (AvgIpc) is 2.88. The van der Waals surface area contributed by atoms with Gasteiger partial charge in [-0.3, -0.25) is 4.79 Å². The quantitative estimate of drug-likeness (QED) is 0.683. The molecule has 2 fully saturated rings. The maximum atomic E-state index is 12.4. The lowest BCUT2D eigenvalue weighted by Crippen LogP contribution is -2.47. The van der Waals surface area contributed by atoms with Gasteiger partial charge >= 0.3 is 0 Å². The topological polar surface area (TPSA) is 29.5 Å². The van der Waals surface area contributed by atoms with Crippen LogP contribution < -0.4 is 0 Å². The smallest absolute Gasteiger partial charge is 0.226 e. The molecule has 1 spiro atoms. The summed E-state index contributed by atoms with van der Waals surface area (Å²) in [6.45, 7) is 2.64. The molecule has 1 aliphatic carbocycles. The Hall–Kier alpha value is -0.480. The Labute approximate surface area is 113 Å². The van der Waals surface area contributed by atoms with Crippen molar-refractivity contribution < 1.29 is 9.53 Å². The van der Waals surface area contributed by atoms with Crippen LogP contribution >= 0.6 is 11.8 Å². The van der Waals surface area contributed by atoms with Gasteiger partial charge in [-0.05, 0) is 19.3 Å². The van der Waals surface area contributed by atoms with Crippen LogP contribution in [0, 0.1) is 5.92 Å². The molecule has 0 bridgehead atoms. The van der Waals surface area contributed by atoms with E-state index in [2.05, 4.69) is 17.1 Å². The van der Waals surface area contributed by atoms with E-state index in [1.165, 1.54) is 0 Å². The number of amides is 1. The van der Waals surface area contributed by atoms with Crippen LogP contribution in [0.1, 0.15) is 32.1 Å². The van der Waals surface area contributed by atoms with Gasteiger partial charge in [0.1, 0.15) is 4.93 Å². The number of carbonyl (C=O) groups excluding carboxylic acids is 1. The van der Waals surface area contributed by atoms with E-state index < -0.39 is 0 Å². The molecule has 1 atom stereocenters. The van der Waals surface area contributed by atoms with E-state index in [-0.39, 0.29) is 10.9 Å². The van der Waals surface area contributed by atoms with Gasteiger partial charge < -0.3 is 9.64 Å². The molecule has 0 aromatic rings. The Morgan fingerprint density at radius 3 is 2.78 bits per heavy atom. The molecule has 0 unspecified atom stereocenters. The summed E-state index contributed by atoms with van der Waals surface area (Å²) in [5.74, 6) is 1.72. The molecular formula is C14H21NO2S. The molecule has 100 valence electrons. The van der Waals surface area contributed by atoms with Gasteiger partial charge in [-0.15, -0.1) is 11.8 Å². The van der Waals surface area contributed by atoms with E-state index in [9.17, 15) is 4.79 Å². The monoisotopic (exact) mass is 267 g/mol. The molecule has 0 saturated carbocycles. The molecule has 2 aliphatic heterocycles. The van der Waals surface area contributed by atoms with Gasteiger partial charge in [0.2, 0.25) is 5.91 Å². The second-order valence-corrected chi connectivity index (χ2v) is 6.86. The zero-order valence-electron chi connectivity index (χ0n) is 10.8. The Morgan fingerprint density at radius 1 is 1.33 bits per heavy atom. The van der Waals surface area contributed by atoms with Crippen LogP contribution in [0.5, 0.6) is 0 Å². The minimum Gasteiger partial charge on any atom is -0.363 e. The predicted molar refractivity (Wildman–Crippen MR) is 73.4 cm³/mol. The number of carbonyl (C=O) groups is 1. The molecule has 2 saturated heterocycles. The molecule has 18 heavy (non-hydrogen) atoms. The summed E-state index contributed by atoms with van der Waals surface area (Å²) in [6, 6.07) is 0. The third-order valence-corrected chi connectivity index (χ3v) is 5.69. The standard InChI is InChI=1S/C14H21NO2S/c16-13(12-4-2-1-3-5-12)15-8-6-14(7-9-15)17-10-11-18-14/h1-2,12H,3-11H2/t12-/m0/s1. The Bertz CT molecular complexity index is 340. The fourth-order valence-corrected chi connectivity index (χ4v) is 4.31. The van der Waals surface area contributed by atoms with Crippen LogP contribution in [0.15, 0.2) is 12.2 Å². The maximum Gasteiger partial charge on any atom is 0.226 e. The predicted octanol–water partition coefficient (Wildman–Crippen LogP) is 2.42.